The number of hydrogen-bond acceptors (Lipinski definition) is 4. The summed E-state index contributed by atoms with van der Waals surface area (Å²) in [5.41, 5.74) is -0.527. The number of halogens is 2. The molecule has 0 bridgehead atoms. The second kappa shape index (κ2) is 6.95. The van der Waals surface area contributed by atoms with Gasteiger partial charge in [0.05, 0.1) is 28.2 Å². The van der Waals surface area contributed by atoms with Crippen molar-refractivity contribution in [2.45, 2.75) is 38.8 Å². The van der Waals surface area contributed by atoms with Crippen LogP contribution >= 0.6 is 23.2 Å². The van der Waals surface area contributed by atoms with Crippen LogP contribution in [0, 0.1) is 0 Å². The number of carbonyl (C=O) groups excluding carboxylic acids is 1. The maximum atomic E-state index is 11.8. The molecule has 1 aromatic heterocycles. The van der Waals surface area contributed by atoms with Crippen molar-refractivity contribution in [3.63, 3.8) is 0 Å². The van der Waals surface area contributed by atoms with E-state index in [1.54, 1.807) is 20.8 Å². The third kappa shape index (κ3) is 5.77. The average molecular weight is 335 g/mol. The molecule has 0 saturated carbocycles. The van der Waals surface area contributed by atoms with Gasteiger partial charge in [0.25, 0.3) is 0 Å². The van der Waals surface area contributed by atoms with Crippen molar-refractivity contribution in [3.05, 3.63) is 28.0 Å². The Morgan fingerprint density at radius 1 is 1.43 bits per heavy atom. The van der Waals surface area contributed by atoms with Crippen LogP contribution in [0.2, 0.25) is 10.0 Å². The molecule has 0 saturated heterocycles. The number of pyridine rings is 1. The van der Waals surface area contributed by atoms with Gasteiger partial charge in [-0.1, -0.05) is 23.2 Å². The fourth-order valence-corrected chi connectivity index (χ4v) is 1.92. The zero-order chi connectivity index (χ0) is 16.2. The summed E-state index contributed by atoms with van der Waals surface area (Å²) in [6.07, 6.45) is 0.230. The second-order valence-corrected chi connectivity index (χ2v) is 6.07. The Bertz CT molecular complexity index is 543. The first kappa shape index (κ1) is 17.5. The molecule has 1 heterocycles. The lowest BCUT2D eigenvalue weighted by atomic mass is 10.1. The molecule has 1 atom stereocenters. The number of amides is 1. The fourth-order valence-electron chi connectivity index (χ4n) is 1.52. The number of alkyl carbamates (subject to hydrolysis) is 1. The molecule has 1 amide bonds. The highest BCUT2D eigenvalue weighted by Crippen LogP contribution is 2.29. The molecule has 0 spiro atoms. The third-order valence-corrected chi connectivity index (χ3v) is 3.08. The molecule has 0 aromatic carbocycles. The first-order valence-corrected chi connectivity index (χ1v) is 6.87. The molecule has 0 unspecified atom stereocenters. The molecule has 2 N–H and O–H groups in total. The summed E-state index contributed by atoms with van der Waals surface area (Å²) >= 11 is 11.9. The molecule has 0 aliphatic heterocycles. The highest BCUT2D eigenvalue weighted by atomic mass is 35.5. The van der Waals surface area contributed by atoms with E-state index >= 15 is 0 Å². The van der Waals surface area contributed by atoms with Gasteiger partial charge in [0.15, 0.2) is 0 Å². The minimum Gasteiger partial charge on any atom is -0.481 e. The average Bonchev–Trinajstić information content (AvgIpc) is 2.28. The van der Waals surface area contributed by atoms with E-state index in [1.807, 2.05) is 0 Å². The number of nitrogens with one attached hydrogen (secondary N) is 1. The zero-order valence-electron chi connectivity index (χ0n) is 11.8. The number of carboxylic acids is 1. The predicted molar refractivity (Wildman–Crippen MR) is 78.6 cm³/mol. The summed E-state index contributed by atoms with van der Waals surface area (Å²) in [4.78, 5) is 26.7. The van der Waals surface area contributed by atoms with E-state index in [0.717, 1.165) is 0 Å². The molecule has 0 radical (unpaired) electrons. The monoisotopic (exact) mass is 334 g/mol. The highest BCUT2D eigenvalue weighted by molar-refractivity contribution is 6.42. The van der Waals surface area contributed by atoms with Gasteiger partial charge in [-0.15, -0.1) is 0 Å². The Morgan fingerprint density at radius 3 is 2.57 bits per heavy atom. The van der Waals surface area contributed by atoms with E-state index in [-0.39, 0.29) is 15.7 Å². The number of rotatable bonds is 4. The lowest BCUT2D eigenvalue weighted by molar-refractivity contribution is -0.137. The van der Waals surface area contributed by atoms with Gasteiger partial charge >= 0.3 is 12.1 Å². The van der Waals surface area contributed by atoms with Gasteiger partial charge in [-0.05, 0) is 26.8 Å². The Hall–Kier alpha value is -1.53. The van der Waals surface area contributed by atoms with E-state index in [1.165, 1.54) is 12.3 Å². The Morgan fingerprint density at radius 2 is 2.05 bits per heavy atom. The van der Waals surface area contributed by atoms with Crippen molar-refractivity contribution in [1.29, 1.82) is 0 Å². The summed E-state index contributed by atoms with van der Waals surface area (Å²) in [5.74, 6) is -1.12. The highest BCUT2D eigenvalue weighted by Gasteiger charge is 2.25. The third-order valence-electron chi connectivity index (χ3n) is 2.27. The molecule has 1 rings (SSSR count). The van der Waals surface area contributed by atoms with Crippen molar-refractivity contribution in [2.24, 2.45) is 0 Å². The van der Waals surface area contributed by atoms with E-state index in [4.69, 9.17) is 33.0 Å². The maximum absolute atomic E-state index is 11.8. The van der Waals surface area contributed by atoms with Crippen LogP contribution in [-0.2, 0) is 9.53 Å². The number of carboxylic acid groups (broad SMARTS) is 1. The van der Waals surface area contributed by atoms with E-state index < -0.39 is 30.1 Å². The number of nitrogens with zero attached hydrogens (tertiary/aromatic N) is 1. The summed E-state index contributed by atoms with van der Waals surface area (Å²) in [6.45, 7) is 5.09. The molecular formula is C13H16Cl2N2O4. The van der Waals surface area contributed by atoms with Gasteiger partial charge in [0.2, 0.25) is 0 Å². The summed E-state index contributed by atoms with van der Waals surface area (Å²) < 4.78 is 5.09. The second-order valence-electron chi connectivity index (χ2n) is 5.29. The summed E-state index contributed by atoms with van der Waals surface area (Å²) in [5, 5.41) is 11.7. The predicted octanol–water partition coefficient (Wildman–Crippen LogP) is 3.43. The molecule has 0 aliphatic rings. The number of aromatic nitrogens is 1. The lowest BCUT2D eigenvalue weighted by Gasteiger charge is -2.23. The molecule has 6 nitrogen and oxygen atoms in total. The van der Waals surface area contributed by atoms with Crippen LogP contribution in [0.5, 0.6) is 0 Å². The summed E-state index contributed by atoms with van der Waals surface area (Å²) in [7, 11) is 0. The first-order valence-electron chi connectivity index (χ1n) is 6.11. The van der Waals surface area contributed by atoms with Crippen LogP contribution in [0.15, 0.2) is 12.3 Å². The van der Waals surface area contributed by atoms with Crippen LogP contribution in [0.25, 0.3) is 0 Å². The Labute approximate surface area is 132 Å². The van der Waals surface area contributed by atoms with Crippen molar-refractivity contribution in [3.8, 4) is 0 Å². The Kier molecular flexibility index (Phi) is 5.80. The molecule has 1 aromatic rings. The SMILES string of the molecule is CC(C)(C)OC(=O)N[C@@H](CC(=O)O)c1nccc(Cl)c1Cl. The van der Waals surface area contributed by atoms with Crippen molar-refractivity contribution >= 4 is 35.3 Å². The Balaban J connectivity index is 2.98. The van der Waals surface area contributed by atoms with Crippen LogP contribution in [0.4, 0.5) is 4.79 Å². The van der Waals surface area contributed by atoms with Gasteiger partial charge in [-0.25, -0.2) is 4.79 Å². The molecule has 8 heteroatoms. The molecular weight excluding hydrogens is 319 g/mol. The smallest absolute Gasteiger partial charge is 0.408 e. The van der Waals surface area contributed by atoms with Crippen LogP contribution in [0.1, 0.15) is 38.9 Å². The van der Waals surface area contributed by atoms with Gasteiger partial charge in [-0.2, -0.15) is 0 Å². The molecule has 116 valence electrons. The summed E-state index contributed by atoms with van der Waals surface area (Å²) in [6, 6.07) is 0.530. The minimum absolute atomic E-state index is 0.0986. The molecule has 0 fully saturated rings. The van der Waals surface area contributed by atoms with Gasteiger partial charge in [0, 0.05) is 6.20 Å². The van der Waals surface area contributed by atoms with E-state index in [2.05, 4.69) is 10.3 Å². The van der Waals surface area contributed by atoms with Gasteiger partial charge in [-0.3, -0.25) is 9.78 Å². The topological polar surface area (TPSA) is 88.5 Å². The molecule has 0 aliphatic carbocycles. The number of carbonyl (C=O) groups is 2. The normalized spacial score (nSPS) is 12.6. The largest absolute Gasteiger partial charge is 0.481 e. The van der Waals surface area contributed by atoms with Gasteiger partial charge < -0.3 is 15.2 Å². The van der Waals surface area contributed by atoms with Crippen LogP contribution in [0.3, 0.4) is 0 Å². The van der Waals surface area contributed by atoms with Gasteiger partial charge in [0.1, 0.15) is 5.60 Å². The van der Waals surface area contributed by atoms with E-state index in [9.17, 15) is 9.59 Å². The zero-order valence-corrected chi connectivity index (χ0v) is 13.3. The van der Waals surface area contributed by atoms with E-state index in [0.29, 0.717) is 0 Å². The van der Waals surface area contributed by atoms with Crippen molar-refractivity contribution < 1.29 is 19.4 Å². The number of ether oxygens (including phenoxy) is 1. The molecule has 21 heavy (non-hydrogen) atoms. The lowest BCUT2D eigenvalue weighted by Crippen LogP contribution is -2.36. The van der Waals surface area contributed by atoms with Crippen LogP contribution in [-0.4, -0.2) is 27.8 Å². The van der Waals surface area contributed by atoms with Crippen molar-refractivity contribution in [2.75, 3.05) is 0 Å². The number of aliphatic carboxylic acids is 1. The maximum Gasteiger partial charge on any atom is 0.408 e. The van der Waals surface area contributed by atoms with Crippen molar-refractivity contribution in [1.82, 2.24) is 10.3 Å². The van der Waals surface area contributed by atoms with Crippen LogP contribution < -0.4 is 5.32 Å². The minimum atomic E-state index is -1.12. The fraction of sp³-hybridized carbons (Fsp3) is 0.462. The number of hydrogen-bond donors (Lipinski definition) is 2. The quantitative estimate of drug-likeness (QED) is 0.880. The standard InChI is InChI=1S/C13H16Cl2N2O4/c1-13(2,3)21-12(20)17-8(6-9(18)19)11-10(15)7(14)4-5-16-11/h4-5,8H,6H2,1-3H3,(H,17,20)(H,18,19)/t8-/m0/s1. The first-order chi connectivity index (χ1) is 9.60.